The van der Waals surface area contributed by atoms with Gasteiger partial charge in [-0.15, -0.1) is 33.3 Å². The Bertz CT molecular complexity index is 665. The maximum atomic E-state index is 9.38. The second-order valence-corrected chi connectivity index (χ2v) is 5.76. The molecule has 2 aromatic heterocycles. The molecule has 0 fully saturated rings. The first kappa shape index (κ1) is 12.3. The van der Waals surface area contributed by atoms with Gasteiger partial charge in [-0.25, -0.2) is 0 Å². The number of thioether (sulfide) groups is 1. The summed E-state index contributed by atoms with van der Waals surface area (Å²) in [4.78, 5) is 1.94. The molecule has 0 radical (unpaired) electrons. The van der Waals surface area contributed by atoms with Crippen LogP contribution in [0.5, 0.6) is 5.75 Å². The first-order valence-electron chi connectivity index (χ1n) is 5.59. The van der Waals surface area contributed by atoms with E-state index < -0.39 is 0 Å². The van der Waals surface area contributed by atoms with E-state index in [9.17, 15) is 5.11 Å². The van der Waals surface area contributed by atoms with Crippen molar-refractivity contribution >= 4 is 23.1 Å². The van der Waals surface area contributed by atoms with Gasteiger partial charge in [0.15, 0.2) is 0 Å². The molecule has 19 heavy (non-hydrogen) atoms. The van der Waals surface area contributed by atoms with Crippen LogP contribution in [0.4, 0.5) is 0 Å². The number of aromatic hydroxyl groups is 1. The third-order valence-electron chi connectivity index (χ3n) is 2.38. The van der Waals surface area contributed by atoms with Crippen LogP contribution in [0.1, 0.15) is 5.89 Å². The van der Waals surface area contributed by atoms with E-state index >= 15 is 0 Å². The lowest BCUT2D eigenvalue weighted by atomic mass is 10.3. The van der Waals surface area contributed by atoms with Gasteiger partial charge in [-0.3, -0.25) is 0 Å². The highest BCUT2D eigenvalue weighted by Gasteiger charge is 2.09. The predicted molar refractivity (Wildman–Crippen MR) is 75.3 cm³/mol. The van der Waals surface area contributed by atoms with Gasteiger partial charge in [-0.05, 0) is 29.6 Å². The third-order valence-corrected chi connectivity index (χ3v) is 4.22. The normalized spacial score (nSPS) is 10.7. The molecule has 1 N–H and O–H groups in total. The molecule has 0 atom stereocenters. The molecule has 0 spiro atoms. The molecule has 0 saturated heterocycles. The van der Waals surface area contributed by atoms with Crippen LogP contribution in [-0.4, -0.2) is 15.3 Å². The van der Waals surface area contributed by atoms with Crippen molar-refractivity contribution in [3.05, 3.63) is 47.7 Å². The number of benzene rings is 1. The highest BCUT2D eigenvalue weighted by molar-refractivity contribution is 7.98. The lowest BCUT2D eigenvalue weighted by molar-refractivity contribution is 0.474. The molecule has 0 unspecified atom stereocenters. The zero-order chi connectivity index (χ0) is 13.1. The van der Waals surface area contributed by atoms with Crippen LogP contribution < -0.4 is 0 Å². The zero-order valence-corrected chi connectivity index (χ0v) is 11.4. The molecule has 0 aliphatic rings. The minimum Gasteiger partial charge on any atom is -0.508 e. The topological polar surface area (TPSA) is 59.2 Å². The Morgan fingerprint density at radius 2 is 2.16 bits per heavy atom. The lowest BCUT2D eigenvalue weighted by Crippen LogP contribution is -1.80. The Morgan fingerprint density at radius 1 is 1.21 bits per heavy atom. The zero-order valence-electron chi connectivity index (χ0n) is 9.81. The summed E-state index contributed by atoms with van der Waals surface area (Å²) in [5.74, 6) is 1.98. The highest BCUT2D eigenvalue weighted by Crippen LogP contribution is 2.27. The molecule has 4 nitrogen and oxygen atoms in total. The fourth-order valence-electron chi connectivity index (χ4n) is 1.53. The summed E-state index contributed by atoms with van der Waals surface area (Å²) in [6.07, 6.45) is 0. The second kappa shape index (κ2) is 5.46. The standard InChI is InChI=1S/C13H10N2O2S2/c16-9-3-1-4-10(7-9)19-8-12-14-15-13(17-12)11-5-2-6-18-11/h1-7,16H,8H2. The van der Waals surface area contributed by atoms with Crippen molar-refractivity contribution in [3.63, 3.8) is 0 Å². The first-order valence-corrected chi connectivity index (χ1v) is 7.46. The fraction of sp³-hybridized carbons (Fsp3) is 0.0769. The largest absolute Gasteiger partial charge is 0.508 e. The van der Waals surface area contributed by atoms with Crippen LogP contribution in [0.2, 0.25) is 0 Å². The second-order valence-electron chi connectivity index (χ2n) is 3.76. The smallest absolute Gasteiger partial charge is 0.257 e. The third kappa shape index (κ3) is 2.97. The predicted octanol–water partition coefficient (Wildman–Crippen LogP) is 3.80. The van der Waals surface area contributed by atoms with Gasteiger partial charge in [0.05, 0.1) is 10.6 Å². The van der Waals surface area contributed by atoms with E-state index in [1.165, 1.54) is 0 Å². The number of aromatic nitrogens is 2. The van der Waals surface area contributed by atoms with Crippen molar-refractivity contribution in [2.75, 3.05) is 0 Å². The average molecular weight is 290 g/mol. The van der Waals surface area contributed by atoms with E-state index in [0.29, 0.717) is 17.5 Å². The van der Waals surface area contributed by atoms with E-state index in [4.69, 9.17) is 4.42 Å². The number of thiophene rings is 1. The van der Waals surface area contributed by atoms with Crippen molar-refractivity contribution in [1.82, 2.24) is 10.2 Å². The Kier molecular flexibility index (Phi) is 3.52. The quantitative estimate of drug-likeness (QED) is 0.741. The Hall–Kier alpha value is -1.79. The molecular weight excluding hydrogens is 280 g/mol. The summed E-state index contributed by atoms with van der Waals surface area (Å²) in [6.45, 7) is 0. The van der Waals surface area contributed by atoms with E-state index in [0.717, 1.165) is 9.77 Å². The van der Waals surface area contributed by atoms with Crippen LogP contribution >= 0.6 is 23.1 Å². The maximum absolute atomic E-state index is 9.38. The summed E-state index contributed by atoms with van der Waals surface area (Å²) >= 11 is 3.12. The number of nitrogens with zero attached hydrogens (tertiary/aromatic N) is 2. The summed E-state index contributed by atoms with van der Waals surface area (Å²) in [5.41, 5.74) is 0. The highest BCUT2D eigenvalue weighted by atomic mass is 32.2. The molecule has 2 heterocycles. The number of hydrogen-bond donors (Lipinski definition) is 1. The van der Waals surface area contributed by atoms with Crippen LogP contribution in [0.25, 0.3) is 10.8 Å². The van der Waals surface area contributed by atoms with Crippen molar-refractivity contribution in [3.8, 4) is 16.5 Å². The molecule has 96 valence electrons. The van der Waals surface area contributed by atoms with Crippen molar-refractivity contribution in [2.45, 2.75) is 10.6 Å². The van der Waals surface area contributed by atoms with Gasteiger partial charge in [0, 0.05) is 4.90 Å². The molecule has 0 amide bonds. The van der Waals surface area contributed by atoms with Crippen molar-refractivity contribution in [2.24, 2.45) is 0 Å². The van der Waals surface area contributed by atoms with E-state index in [-0.39, 0.29) is 5.75 Å². The molecular formula is C13H10N2O2S2. The van der Waals surface area contributed by atoms with Gasteiger partial charge >= 0.3 is 0 Å². The van der Waals surface area contributed by atoms with Crippen molar-refractivity contribution in [1.29, 1.82) is 0 Å². The fourth-order valence-corrected chi connectivity index (χ4v) is 2.96. The minimum absolute atomic E-state index is 0.259. The molecule has 0 bridgehead atoms. The lowest BCUT2D eigenvalue weighted by Gasteiger charge is -1.98. The van der Waals surface area contributed by atoms with Gasteiger partial charge in [-0.1, -0.05) is 12.1 Å². The van der Waals surface area contributed by atoms with Crippen molar-refractivity contribution < 1.29 is 9.52 Å². The Balaban J connectivity index is 1.68. The van der Waals surface area contributed by atoms with Gasteiger partial charge in [0.2, 0.25) is 5.89 Å². The Labute approximate surface area is 118 Å². The monoisotopic (exact) mass is 290 g/mol. The number of phenolic OH excluding ortho intramolecular Hbond substituents is 1. The first-order chi connectivity index (χ1) is 9.31. The molecule has 0 aliphatic heterocycles. The molecule has 3 aromatic rings. The molecule has 6 heteroatoms. The van der Waals surface area contributed by atoms with E-state index in [1.54, 1.807) is 35.2 Å². The Morgan fingerprint density at radius 3 is 2.95 bits per heavy atom. The van der Waals surface area contributed by atoms with Gasteiger partial charge in [0.1, 0.15) is 5.75 Å². The summed E-state index contributed by atoms with van der Waals surface area (Å²) in [6, 6.07) is 11.0. The molecule has 0 aliphatic carbocycles. The minimum atomic E-state index is 0.259. The van der Waals surface area contributed by atoms with Crippen LogP contribution in [-0.2, 0) is 5.75 Å². The van der Waals surface area contributed by atoms with Crippen LogP contribution in [0.3, 0.4) is 0 Å². The van der Waals surface area contributed by atoms with Gasteiger partial charge in [-0.2, -0.15) is 0 Å². The van der Waals surface area contributed by atoms with Crippen LogP contribution in [0.15, 0.2) is 51.1 Å². The van der Waals surface area contributed by atoms with E-state index in [2.05, 4.69) is 10.2 Å². The SMILES string of the molecule is Oc1cccc(SCc2nnc(-c3cccs3)o2)c1. The molecule has 1 aromatic carbocycles. The van der Waals surface area contributed by atoms with Gasteiger partial charge in [0.25, 0.3) is 5.89 Å². The average Bonchev–Trinajstić information content (AvgIpc) is 3.07. The molecule has 3 rings (SSSR count). The van der Waals surface area contributed by atoms with E-state index in [1.807, 2.05) is 29.6 Å². The summed E-state index contributed by atoms with van der Waals surface area (Å²) in [5, 5.41) is 19.4. The summed E-state index contributed by atoms with van der Waals surface area (Å²) < 4.78 is 5.58. The summed E-state index contributed by atoms with van der Waals surface area (Å²) in [7, 11) is 0. The van der Waals surface area contributed by atoms with Gasteiger partial charge < -0.3 is 9.52 Å². The van der Waals surface area contributed by atoms with Crippen LogP contribution in [0, 0.1) is 0 Å². The number of hydrogen-bond acceptors (Lipinski definition) is 6. The number of phenols is 1. The maximum Gasteiger partial charge on any atom is 0.257 e. The molecule has 0 saturated carbocycles. The number of rotatable bonds is 4.